The van der Waals surface area contributed by atoms with Gasteiger partial charge in [-0.25, -0.2) is 4.79 Å². The van der Waals surface area contributed by atoms with Gasteiger partial charge < -0.3 is 10.6 Å². The van der Waals surface area contributed by atoms with Gasteiger partial charge in [-0.1, -0.05) is 6.42 Å². The number of hydrogen-bond donors (Lipinski definition) is 2. The number of nitrogens with zero attached hydrogens (tertiary/aromatic N) is 1. The molecule has 24 heavy (non-hydrogen) atoms. The smallest absolute Gasteiger partial charge is 0.325 e. The lowest BCUT2D eigenvalue weighted by Crippen LogP contribution is -2.48. The van der Waals surface area contributed by atoms with Gasteiger partial charge in [-0.05, 0) is 69.6 Å². The third-order valence-electron chi connectivity index (χ3n) is 6.82. The van der Waals surface area contributed by atoms with E-state index in [-0.39, 0.29) is 30.3 Å². The van der Waals surface area contributed by atoms with E-state index < -0.39 is 11.6 Å². The summed E-state index contributed by atoms with van der Waals surface area (Å²) in [6, 6.07) is -0.319. The molecule has 0 unspecified atom stereocenters. The molecule has 132 valence electrons. The summed E-state index contributed by atoms with van der Waals surface area (Å²) in [5.74, 6) is 1.86. The summed E-state index contributed by atoms with van der Waals surface area (Å²) in [7, 11) is 0. The normalized spacial score (nSPS) is 39.2. The van der Waals surface area contributed by atoms with Crippen LogP contribution in [-0.2, 0) is 9.59 Å². The molecule has 0 radical (unpaired) electrons. The van der Waals surface area contributed by atoms with Crippen molar-refractivity contribution in [3.63, 3.8) is 0 Å². The molecule has 5 atom stereocenters. The number of rotatable bonds is 5. The lowest BCUT2D eigenvalue weighted by atomic mass is 9.84. The second-order valence-corrected chi connectivity index (χ2v) is 8.49. The highest BCUT2D eigenvalue weighted by atomic mass is 16.2. The number of nitrogens with one attached hydrogen (secondary N) is 2. The Morgan fingerprint density at radius 2 is 2.04 bits per heavy atom. The molecule has 0 aromatic rings. The lowest BCUT2D eigenvalue weighted by molar-refractivity contribution is -0.135. The summed E-state index contributed by atoms with van der Waals surface area (Å²) in [5.41, 5.74) is -0.812. The third-order valence-corrected chi connectivity index (χ3v) is 6.82. The van der Waals surface area contributed by atoms with E-state index in [0.717, 1.165) is 29.6 Å². The Balaban J connectivity index is 1.34. The van der Waals surface area contributed by atoms with E-state index in [2.05, 4.69) is 17.6 Å². The Morgan fingerprint density at radius 1 is 1.29 bits per heavy atom. The summed E-state index contributed by atoms with van der Waals surface area (Å²) in [6.45, 7) is 3.67. The van der Waals surface area contributed by atoms with Gasteiger partial charge in [-0.3, -0.25) is 14.5 Å². The van der Waals surface area contributed by atoms with E-state index in [4.69, 9.17) is 0 Å². The highest BCUT2D eigenvalue weighted by Crippen LogP contribution is 2.49. The van der Waals surface area contributed by atoms with Crippen LogP contribution in [0.15, 0.2) is 0 Å². The zero-order valence-electron chi connectivity index (χ0n) is 14.5. The van der Waals surface area contributed by atoms with E-state index in [0.29, 0.717) is 5.92 Å². The van der Waals surface area contributed by atoms with Crippen molar-refractivity contribution in [3.05, 3.63) is 0 Å². The predicted molar refractivity (Wildman–Crippen MR) is 87.9 cm³/mol. The van der Waals surface area contributed by atoms with Gasteiger partial charge >= 0.3 is 6.03 Å². The SMILES string of the molecule is C[C@H](NC(=O)CN1C(=O)N[C@](C)(C2CC2)C1=O)[C@H]1C[C@H]2CC[C@H]1C2. The van der Waals surface area contributed by atoms with Gasteiger partial charge in [0, 0.05) is 6.04 Å². The standard InChI is InChI=1S/C18H27N3O3/c1-10(14-8-11-3-4-12(14)7-11)19-15(22)9-21-16(23)18(2,13-5-6-13)20-17(21)24/h10-14H,3-9H2,1-2H3,(H,19,22)(H,20,24)/t10-,11-,12-,14+,18+/m0/s1. The number of amides is 4. The van der Waals surface area contributed by atoms with Crippen LogP contribution in [0.2, 0.25) is 0 Å². The summed E-state index contributed by atoms with van der Waals surface area (Å²) in [5, 5.41) is 5.82. The molecule has 3 saturated carbocycles. The van der Waals surface area contributed by atoms with Crippen LogP contribution in [0.3, 0.4) is 0 Å². The first-order chi connectivity index (χ1) is 11.4. The number of carbonyl (C=O) groups excluding carboxylic acids is 3. The minimum Gasteiger partial charge on any atom is -0.352 e. The minimum absolute atomic E-state index is 0.114. The van der Waals surface area contributed by atoms with Crippen LogP contribution in [0.5, 0.6) is 0 Å². The number of hydrogen-bond acceptors (Lipinski definition) is 3. The summed E-state index contributed by atoms with van der Waals surface area (Å²) in [4.78, 5) is 38.2. The Bertz CT molecular complexity index is 588. The third kappa shape index (κ3) is 2.50. The molecular weight excluding hydrogens is 306 g/mol. The zero-order chi connectivity index (χ0) is 17.1. The van der Waals surface area contributed by atoms with Gasteiger partial charge in [0.2, 0.25) is 5.91 Å². The molecule has 3 aliphatic carbocycles. The first-order valence-corrected chi connectivity index (χ1v) is 9.32. The van der Waals surface area contributed by atoms with Crippen molar-refractivity contribution in [1.29, 1.82) is 0 Å². The molecular formula is C18H27N3O3. The molecule has 2 N–H and O–H groups in total. The fraction of sp³-hybridized carbons (Fsp3) is 0.833. The first-order valence-electron chi connectivity index (χ1n) is 9.32. The molecule has 4 fully saturated rings. The van der Waals surface area contributed by atoms with Gasteiger partial charge in [0.05, 0.1) is 0 Å². The van der Waals surface area contributed by atoms with E-state index >= 15 is 0 Å². The number of imide groups is 1. The Labute approximate surface area is 142 Å². The summed E-state index contributed by atoms with van der Waals surface area (Å²) < 4.78 is 0. The molecule has 0 spiro atoms. The van der Waals surface area contributed by atoms with E-state index in [9.17, 15) is 14.4 Å². The van der Waals surface area contributed by atoms with Crippen molar-refractivity contribution < 1.29 is 14.4 Å². The molecule has 4 rings (SSSR count). The van der Waals surface area contributed by atoms with Crippen LogP contribution < -0.4 is 10.6 Å². The van der Waals surface area contributed by atoms with Gasteiger partial charge in [0.15, 0.2) is 0 Å². The summed E-state index contributed by atoms with van der Waals surface area (Å²) in [6.07, 6.45) is 7.05. The van der Waals surface area contributed by atoms with Crippen LogP contribution in [0.4, 0.5) is 4.79 Å². The maximum atomic E-state index is 12.6. The van der Waals surface area contributed by atoms with Gasteiger partial charge in [0.1, 0.15) is 12.1 Å². The van der Waals surface area contributed by atoms with Crippen molar-refractivity contribution >= 4 is 17.8 Å². The molecule has 0 aromatic carbocycles. The van der Waals surface area contributed by atoms with Crippen molar-refractivity contribution in [3.8, 4) is 0 Å². The first kappa shape index (κ1) is 15.9. The molecule has 4 aliphatic rings. The van der Waals surface area contributed by atoms with Crippen molar-refractivity contribution in [2.75, 3.05) is 6.54 Å². The lowest BCUT2D eigenvalue weighted by Gasteiger charge is -2.29. The summed E-state index contributed by atoms with van der Waals surface area (Å²) >= 11 is 0. The maximum Gasteiger partial charge on any atom is 0.325 e. The Morgan fingerprint density at radius 3 is 2.62 bits per heavy atom. The fourth-order valence-corrected chi connectivity index (χ4v) is 5.25. The highest BCUT2D eigenvalue weighted by molar-refractivity contribution is 6.09. The Hall–Kier alpha value is -1.59. The Kier molecular flexibility index (Phi) is 3.62. The highest BCUT2D eigenvalue weighted by Gasteiger charge is 2.56. The molecule has 0 aromatic heterocycles. The minimum atomic E-state index is -0.812. The molecule has 4 amide bonds. The number of carbonyl (C=O) groups is 3. The van der Waals surface area contributed by atoms with Crippen LogP contribution >= 0.6 is 0 Å². The van der Waals surface area contributed by atoms with Crippen LogP contribution in [0.1, 0.15) is 52.4 Å². The van der Waals surface area contributed by atoms with Gasteiger partial charge in [0.25, 0.3) is 5.91 Å². The van der Waals surface area contributed by atoms with E-state index in [1.165, 1.54) is 25.7 Å². The molecule has 6 heteroatoms. The molecule has 6 nitrogen and oxygen atoms in total. The van der Waals surface area contributed by atoms with Crippen LogP contribution in [-0.4, -0.2) is 40.9 Å². The van der Waals surface area contributed by atoms with Crippen LogP contribution in [0.25, 0.3) is 0 Å². The predicted octanol–water partition coefficient (Wildman–Crippen LogP) is 1.65. The van der Waals surface area contributed by atoms with E-state index in [1.54, 1.807) is 6.92 Å². The van der Waals surface area contributed by atoms with Crippen molar-refractivity contribution in [2.45, 2.75) is 64.0 Å². The van der Waals surface area contributed by atoms with Crippen molar-refractivity contribution in [1.82, 2.24) is 15.5 Å². The molecule has 1 saturated heterocycles. The second-order valence-electron chi connectivity index (χ2n) is 8.49. The second kappa shape index (κ2) is 5.46. The largest absolute Gasteiger partial charge is 0.352 e. The van der Waals surface area contributed by atoms with Gasteiger partial charge in [-0.15, -0.1) is 0 Å². The average molecular weight is 333 g/mol. The number of fused-ring (bicyclic) bond motifs is 2. The van der Waals surface area contributed by atoms with Gasteiger partial charge in [-0.2, -0.15) is 0 Å². The molecule has 1 aliphatic heterocycles. The quantitative estimate of drug-likeness (QED) is 0.751. The maximum absolute atomic E-state index is 12.6. The van der Waals surface area contributed by atoms with E-state index in [1.807, 2.05) is 0 Å². The molecule has 1 heterocycles. The topological polar surface area (TPSA) is 78.5 Å². The monoisotopic (exact) mass is 333 g/mol. The van der Waals surface area contributed by atoms with Crippen molar-refractivity contribution in [2.24, 2.45) is 23.7 Å². The zero-order valence-corrected chi connectivity index (χ0v) is 14.5. The molecule has 2 bridgehead atoms. The number of urea groups is 1. The van der Waals surface area contributed by atoms with Crippen LogP contribution in [0, 0.1) is 23.7 Å². The fourth-order valence-electron chi connectivity index (χ4n) is 5.25. The average Bonchev–Trinajstić information content (AvgIpc) is 3.13.